The lowest BCUT2D eigenvalue weighted by molar-refractivity contribution is -0.138. The predicted octanol–water partition coefficient (Wildman–Crippen LogP) is 3.59. The molecule has 6 nitrogen and oxygen atoms in total. The highest BCUT2D eigenvalue weighted by Gasteiger charge is 2.61. The summed E-state index contributed by atoms with van der Waals surface area (Å²) < 4.78 is 91.1. The summed E-state index contributed by atoms with van der Waals surface area (Å²) in [5.74, 6) is -2.06. The number of anilines is 1. The maximum atomic E-state index is 14.2. The van der Waals surface area contributed by atoms with Crippen molar-refractivity contribution in [3.05, 3.63) is 52.8 Å². The van der Waals surface area contributed by atoms with Crippen LogP contribution in [-0.2, 0) is 22.6 Å². The number of hydrogen-bond acceptors (Lipinski definition) is 4. The molecule has 2 unspecified atom stereocenters. The van der Waals surface area contributed by atoms with Crippen LogP contribution in [0.2, 0.25) is 0 Å². The highest BCUT2D eigenvalue weighted by molar-refractivity contribution is 6.01. The first kappa shape index (κ1) is 22.0. The minimum Gasteiger partial charge on any atom is -0.328 e. The summed E-state index contributed by atoms with van der Waals surface area (Å²) >= 11 is 0. The number of halogens is 7. The van der Waals surface area contributed by atoms with Gasteiger partial charge in [-0.1, -0.05) is 0 Å². The van der Waals surface area contributed by atoms with Gasteiger partial charge in [-0.25, -0.2) is 14.4 Å². The van der Waals surface area contributed by atoms with Crippen molar-refractivity contribution in [3.63, 3.8) is 0 Å². The molecule has 13 heteroatoms. The van der Waals surface area contributed by atoms with Gasteiger partial charge in [0, 0.05) is 29.9 Å². The van der Waals surface area contributed by atoms with Crippen molar-refractivity contribution in [2.45, 2.75) is 30.4 Å². The molecule has 2 aromatic rings. The van der Waals surface area contributed by atoms with Gasteiger partial charge in [0.1, 0.15) is 12.7 Å². The van der Waals surface area contributed by atoms with E-state index in [1.807, 2.05) is 0 Å². The van der Waals surface area contributed by atoms with E-state index in [4.69, 9.17) is 0 Å². The first-order chi connectivity index (χ1) is 14.8. The van der Waals surface area contributed by atoms with Crippen LogP contribution in [0, 0.1) is 0 Å². The zero-order valence-electron chi connectivity index (χ0n) is 15.9. The van der Waals surface area contributed by atoms with Crippen LogP contribution < -0.4 is 5.32 Å². The molecule has 1 spiro atoms. The second-order valence-corrected chi connectivity index (χ2v) is 7.59. The molecule has 1 aliphatic carbocycles. The van der Waals surface area contributed by atoms with Crippen LogP contribution in [0.3, 0.4) is 0 Å². The van der Waals surface area contributed by atoms with E-state index in [-0.39, 0.29) is 24.1 Å². The average Bonchev–Trinajstić information content (AvgIpc) is 3.34. The van der Waals surface area contributed by atoms with Crippen molar-refractivity contribution < 1.29 is 40.3 Å². The number of rotatable bonds is 3. The number of nitrogens with one attached hydrogen (secondary N) is 1. The molecule has 32 heavy (non-hydrogen) atoms. The summed E-state index contributed by atoms with van der Waals surface area (Å²) in [5, 5.41) is 2.14. The van der Waals surface area contributed by atoms with Gasteiger partial charge in [-0.2, -0.15) is 26.3 Å². The molecule has 0 bridgehead atoms. The first-order valence-electron chi connectivity index (χ1n) is 9.15. The van der Waals surface area contributed by atoms with E-state index in [9.17, 15) is 40.3 Å². The fourth-order valence-corrected chi connectivity index (χ4v) is 3.69. The highest BCUT2D eigenvalue weighted by Crippen LogP contribution is 2.55. The van der Waals surface area contributed by atoms with Crippen LogP contribution in [0.15, 0.2) is 30.6 Å². The smallest absolute Gasteiger partial charge is 0.328 e. The van der Waals surface area contributed by atoms with Crippen molar-refractivity contribution in [1.29, 1.82) is 0 Å². The highest BCUT2D eigenvalue weighted by atomic mass is 19.4. The molecule has 1 aromatic carbocycles. The van der Waals surface area contributed by atoms with Gasteiger partial charge in [0.25, 0.3) is 5.91 Å². The molecule has 170 valence electrons. The summed E-state index contributed by atoms with van der Waals surface area (Å²) in [6, 6.07) is 2.43. The predicted molar refractivity (Wildman–Crippen MR) is 94.2 cm³/mol. The van der Waals surface area contributed by atoms with E-state index in [0.717, 1.165) is 17.0 Å². The molecule has 1 aromatic heterocycles. The number of fused-ring (bicyclic) bond motifs is 2. The van der Waals surface area contributed by atoms with Gasteiger partial charge in [-0.05, 0) is 30.2 Å². The van der Waals surface area contributed by atoms with Crippen LogP contribution in [0.4, 0.5) is 36.7 Å². The first-order valence-corrected chi connectivity index (χ1v) is 9.15. The third-order valence-electron chi connectivity index (χ3n) is 5.42. The normalized spacial score (nSPS) is 22.7. The monoisotopic (exact) mass is 462 g/mol. The Balaban J connectivity index is 1.52. The van der Waals surface area contributed by atoms with Crippen LogP contribution in [0.5, 0.6) is 0 Å². The molecular weight excluding hydrogens is 449 g/mol. The van der Waals surface area contributed by atoms with Crippen molar-refractivity contribution in [2.24, 2.45) is 0 Å². The Hall–Kier alpha value is -3.25. The lowest BCUT2D eigenvalue weighted by atomic mass is 9.85. The summed E-state index contributed by atoms with van der Waals surface area (Å²) in [6.07, 6.45) is -9.98. The molecule has 2 aliphatic rings. The van der Waals surface area contributed by atoms with Gasteiger partial charge >= 0.3 is 12.4 Å². The largest absolute Gasteiger partial charge is 0.419 e. The van der Waals surface area contributed by atoms with Crippen molar-refractivity contribution in [1.82, 2.24) is 14.9 Å². The van der Waals surface area contributed by atoms with Gasteiger partial charge in [0.05, 0.1) is 11.1 Å². The summed E-state index contributed by atoms with van der Waals surface area (Å²) in [4.78, 5) is 32.8. The third-order valence-corrected chi connectivity index (χ3v) is 5.42. The average molecular weight is 462 g/mol. The number of amides is 2. The van der Waals surface area contributed by atoms with Crippen LogP contribution in [-0.4, -0.2) is 45.9 Å². The zero-order chi connectivity index (χ0) is 23.5. The number of benzene rings is 1. The van der Waals surface area contributed by atoms with Gasteiger partial charge in [-0.3, -0.25) is 14.9 Å². The molecular formula is C19H13F7N4O2. The number of carbonyl (C=O) groups excluding carboxylic acids is 2. The Kier molecular flexibility index (Phi) is 4.90. The van der Waals surface area contributed by atoms with E-state index in [1.54, 1.807) is 0 Å². The molecule has 1 fully saturated rings. The van der Waals surface area contributed by atoms with Crippen molar-refractivity contribution in [2.75, 3.05) is 18.4 Å². The third kappa shape index (κ3) is 3.86. The maximum Gasteiger partial charge on any atom is 0.419 e. The minimum atomic E-state index is -4.67. The zero-order valence-corrected chi connectivity index (χ0v) is 15.9. The number of aromatic nitrogens is 2. The van der Waals surface area contributed by atoms with Crippen LogP contribution in [0.25, 0.3) is 0 Å². The number of alkyl halides is 7. The van der Waals surface area contributed by atoms with Gasteiger partial charge in [0.2, 0.25) is 11.9 Å². The fourth-order valence-electron chi connectivity index (χ4n) is 3.69. The summed E-state index contributed by atoms with van der Waals surface area (Å²) in [6.45, 7) is -0.930. The number of carbonyl (C=O) groups is 2. The standard InChI is InChI=1S/C19H13F7N4O2/c20-13-4-17(13)8-30(15(32)11-2-1-9(3-12(11)17)18(21,22)23)7-14(31)29-16-27-5-10(6-28-16)19(24,25)26/h1-3,5-6,13H,4,7-8H2,(H,27,28,29,31). The molecule has 0 saturated heterocycles. The Morgan fingerprint density at radius 3 is 2.22 bits per heavy atom. The van der Waals surface area contributed by atoms with Gasteiger partial charge in [-0.15, -0.1) is 0 Å². The number of hydrogen-bond donors (Lipinski definition) is 1. The molecule has 1 aliphatic heterocycles. The Bertz CT molecular complexity index is 1080. The fraction of sp³-hybridized carbons (Fsp3) is 0.368. The molecule has 1 saturated carbocycles. The Morgan fingerprint density at radius 1 is 1.09 bits per heavy atom. The van der Waals surface area contributed by atoms with E-state index < -0.39 is 59.4 Å². The van der Waals surface area contributed by atoms with E-state index in [2.05, 4.69) is 15.3 Å². The SMILES string of the molecule is O=C(CN1CC2(CC2F)c2cc(C(F)(F)F)ccc2C1=O)Nc1ncc(C(F)(F)F)cn1. The second kappa shape index (κ2) is 7.14. The molecule has 2 amide bonds. The second-order valence-electron chi connectivity index (χ2n) is 7.59. The molecule has 4 rings (SSSR count). The quantitative estimate of drug-likeness (QED) is 0.708. The lowest BCUT2D eigenvalue weighted by Crippen LogP contribution is -2.47. The summed E-state index contributed by atoms with van der Waals surface area (Å²) in [5.41, 5.74) is -3.65. The Labute approximate surface area is 175 Å². The molecule has 2 atom stereocenters. The topological polar surface area (TPSA) is 75.2 Å². The molecule has 0 radical (unpaired) electrons. The van der Waals surface area contributed by atoms with Crippen LogP contribution in [0.1, 0.15) is 33.5 Å². The van der Waals surface area contributed by atoms with Gasteiger partial charge < -0.3 is 4.90 Å². The minimum absolute atomic E-state index is 0.0486. The van der Waals surface area contributed by atoms with E-state index >= 15 is 0 Å². The van der Waals surface area contributed by atoms with E-state index in [1.165, 1.54) is 0 Å². The Morgan fingerprint density at radius 2 is 1.69 bits per heavy atom. The van der Waals surface area contributed by atoms with E-state index in [0.29, 0.717) is 18.5 Å². The van der Waals surface area contributed by atoms with Crippen molar-refractivity contribution >= 4 is 17.8 Å². The molecule has 2 heterocycles. The number of nitrogens with zero attached hydrogens (tertiary/aromatic N) is 3. The summed E-state index contributed by atoms with van der Waals surface area (Å²) in [7, 11) is 0. The van der Waals surface area contributed by atoms with Crippen molar-refractivity contribution in [3.8, 4) is 0 Å². The maximum absolute atomic E-state index is 14.2. The van der Waals surface area contributed by atoms with Gasteiger partial charge in [0.15, 0.2) is 0 Å². The molecule has 1 N–H and O–H groups in total. The van der Waals surface area contributed by atoms with Crippen LogP contribution >= 0.6 is 0 Å². The lowest BCUT2D eigenvalue weighted by Gasteiger charge is -2.34.